The van der Waals surface area contributed by atoms with Crippen molar-refractivity contribution in [2.24, 2.45) is 27.6 Å². The zero-order valence-electron chi connectivity index (χ0n) is 59.7. The largest absolute Gasteiger partial charge is 0.481 e. The fourth-order valence-electron chi connectivity index (χ4n) is 16.2. The Labute approximate surface area is 536 Å². The third-order valence-electron chi connectivity index (χ3n) is 23.4. The lowest BCUT2D eigenvalue weighted by Crippen LogP contribution is -2.28. The summed E-state index contributed by atoms with van der Waals surface area (Å²) in [7, 11) is 0. The number of aliphatic hydroxyl groups is 1. The van der Waals surface area contributed by atoms with Crippen molar-refractivity contribution in [2.45, 2.75) is 491 Å². The number of carboxylic acid groups (broad SMARTS) is 1. The van der Waals surface area contributed by atoms with E-state index in [1.54, 1.807) is 0 Å². The van der Waals surface area contributed by atoms with E-state index in [9.17, 15) is 15.0 Å². The van der Waals surface area contributed by atoms with E-state index in [1.807, 2.05) is 0 Å². The predicted octanol–water partition coefficient (Wildman–Crippen LogP) is 29.1. The van der Waals surface area contributed by atoms with Crippen LogP contribution in [0.1, 0.15) is 485 Å². The number of aliphatic hydroxyl groups excluding tert-OH is 1. The second-order valence-electron chi connectivity index (χ2n) is 31.5. The molecule has 2 N–H and O–H groups in total. The monoisotopic (exact) mass is 1190 g/mol. The molecule has 0 radical (unpaired) electrons. The first-order valence-corrected chi connectivity index (χ1v) is 40.4. The van der Waals surface area contributed by atoms with Gasteiger partial charge in [-0.3, -0.25) is 4.79 Å². The zero-order valence-corrected chi connectivity index (χ0v) is 59.7. The first kappa shape index (κ1) is 80.5. The quantitative estimate of drug-likeness (QED) is 0.0597. The molecule has 6 atom stereocenters. The molecule has 0 heterocycles. The molecular weight excluding hydrogens is 1030 g/mol. The minimum Gasteiger partial charge on any atom is -0.481 e. The smallest absolute Gasteiger partial charge is 0.309 e. The van der Waals surface area contributed by atoms with Crippen LogP contribution in [-0.4, -0.2) is 22.3 Å². The summed E-state index contributed by atoms with van der Waals surface area (Å²) in [6.07, 6.45) is 95.0. The van der Waals surface area contributed by atoms with Gasteiger partial charge in [0.15, 0.2) is 0 Å². The van der Waals surface area contributed by atoms with Gasteiger partial charge in [0, 0.05) is 0 Å². The molecule has 0 amide bonds. The summed E-state index contributed by atoms with van der Waals surface area (Å²) in [5.41, 5.74) is 2.51. The molecule has 85 heavy (non-hydrogen) atoms. The first-order chi connectivity index (χ1) is 41.5. The van der Waals surface area contributed by atoms with Crippen LogP contribution in [0.3, 0.4) is 0 Å². The van der Waals surface area contributed by atoms with Crippen LogP contribution in [0.2, 0.25) is 0 Å². The van der Waals surface area contributed by atoms with Gasteiger partial charge in [0.25, 0.3) is 0 Å². The molecule has 0 aromatic rings. The van der Waals surface area contributed by atoms with Gasteiger partial charge >= 0.3 is 5.97 Å². The molecule has 2 saturated carbocycles. The Morgan fingerprint density at radius 2 is 0.412 bits per heavy atom. The molecule has 0 spiro atoms. The van der Waals surface area contributed by atoms with Gasteiger partial charge in [-0.1, -0.05) is 433 Å². The highest BCUT2D eigenvalue weighted by atomic mass is 16.4. The molecule has 2 aliphatic rings. The van der Waals surface area contributed by atoms with E-state index in [4.69, 9.17) is 0 Å². The predicted molar refractivity (Wildman–Crippen MR) is 379 cm³/mol. The van der Waals surface area contributed by atoms with Crippen molar-refractivity contribution in [1.82, 2.24) is 0 Å². The molecule has 0 aromatic heterocycles. The van der Waals surface area contributed by atoms with Gasteiger partial charge in [0.1, 0.15) is 0 Å². The van der Waals surface area contributed by atoms with Gasteiger partial charge in [0.2, 0.25) is 0 Å². The van der Waals surface area contributed by atoms with Gasteiger partial charge in [0.05, 0.1) is 12.0 Å². The third kappa shape index (κ3) is 43.8. The molecule has 0 aliphatic heterocycles. The number of carboxylic acids is 1. The van der Waals surface area contributed by atoms with E-state index >= 15 is 0 Å². The van der Waals surface area contributed by atoms with Crippen molar-refractivity contribution in [3.63, 3.8) is 0 Å². The molecule has 2 rings (SSSR count). The number of aliphatic carboxylic acids is 1. The molecule has 2 unspecified atom stereocenters. The van der Waals surface area contributed by atoms with E-state index in [0.29, 0.717) is 34.5 Å². The standard InChI is InChI=1S/C82H160O3/c1-7-9-11-13-15-17-19-21-23-25-27-28-29-30-31-33-35-39-44-50-56-62-68-76(78(84)85)77(83)69-63-57-51-45-43-49-55-61-67-73-82(6)75-81(82,5)72-66-60-54-48-42-38-37-41-47-53-59-65-71-80(4)74-79(80,3)70-64-58-52-46-40-36-34-32-26-24-22-20-18-16-14-12-10-8-2/h76-77,83H,7-75H2,1-6H3,(H,84,85)/t76?,77?,79-,80+,81-,82+/m1/s1. The van der Waals surface area contributed by atoms with E-state index < -0.39 is 18.0 Å². The number of unbranched alkanes of at least 4 members (excludes halogenated alkanes) is 57. The van der Waals surface area contributed by atoms with E-state index in [2.05, 4.69) is 41.5 Å². The lowest BCUT2D eigenvalue weighted by atomic mass is 9.86. The second-order valence-corrected chi connectivity index (χ2v) is 31.5. The Morgan fingerprint density at radius 1 is 0.259 bits per heavy atom. The van der Waals surface area contributed by atoms with Crippen LogP contribution >= 0.6 is 0 Å². The van der Waals surface area contributed by atoms with Gasteiger partial charge < -0.3 is 10.2 Å². The van der Waals surface area contributed by atoms with Crippen LogP contribution in [-0.2, 0) is 4.79 Å². The Hall–Kier alpha value is -0.570. The highest BCUT2D eigenvalue weighted by molar-refractivity contribution is 5.70. The third-order valence-corrected chi connectivity index (χ3v) is 23.4. The fraction of sp³-hybridized carbons (Fsp3) is 0.988. The van der Waals surface area contributed by atoms with E-state index in [0.717, 1.165) is 25.7 Å². The fourth-order valence-corrected chi connectivity index (χ4v) is 16.2. The molecule has 0 aromatic carbocycles. The van der Waals surface area contributed by atoms with E-state index in [1.165, 1.54) is 405 Å². The molecule has 2 fully saturated rings. The Bertz CT molecular complexity index is 1420. The average molecular weight is 1190 g/mol. The van der Waals surface area contributed by atoms with Gasteiger partial charge in [-0.15, -0.1) is 0 Å². The van der Waals surface area contributed by atoms with Crippen molar-refractivity contribution in [2.75, 3.05) is 0 Å². The number of hydrogen-bond acceptors (Lipinski definition) is 2. The summed E-state index contributed by atoms with van der Waals surface area (Å²) in [6, 6.07) is 0. The van der Waals surface area contributed by atoms with Crippen molar-refractivity contribution < 1.29 is 15.0 Å². The van der Waals surface area contributed by atoms with Crippen LogP contribution in [0.4, 0.5) is 0 Å². The minimum absolute atomic E-state index is 0.586. The second kappa shape index (κ2) is 55.1. The number of rotatable bonds is 71. The van der Waals surface area contributed by atoms with Crippen molar-refractivity contribution in [1.29, 1.82) is 0 Å². The SMILES string of the molecule is CCCCCCCCCCCCCCCCCCCCCCCCC(C(=O)O)C(O)CCCCCCCCCCC[C@@]1(C)C[C@@]1(C)CCCCCCCCCCCCCC[C@@]1(C)C[C@@]1(C)CCCCCCCCCCCCCCCCCCCC. The molecule has 3 heteroatoms. The lowest BCUT2D eigenvalue weighted by Gasteiger charge is -2.19. The Balaban J connectivity index is 1.27. The van der Waals surface area contributed by atoms with Crippen LogP contribution in [0, 0.1) is 27.6 Å². The Morgan fingerprint density at radius 3 is 0.588 bits per heavy atom. The highest BCUT2D eigenvalue weighted by Gasteiger charge is 2.59. The molecule has 2 aliphatic carbocycles. The molecule has 3 nitrogen and oxygen atoms in total. The van der Waals surface area contributed by atoms with Gasteiger partial charge in [-0.2, -0.15) is 0 Å². The lowest BCUT2D eigenvalue weighted by molar-refractivity contribution is -0.146. The average Bonchev–Trinajstić information content (AvgIpc) is 1.70. The molecule has 506 valence electrons. The van der Waals surface area contributed by atoms with Crippen molar-refractivity contribution in [3.8, 4) is 0 Å². The molecule has 0 bridgehead atoms. The van der Waals surface area contributed by atoms with E-state index in [-0.39, 0.29) is 0 Å². The zero-order chi connectivity index (χ0) is 61.5. The summed E-state index contributed by atoms with van der Waals surface area (Å²) < 4.78 is 0. The maximum Gasteiger partial charge on any atom is 0.309 e. The maximum absolute atomic E-state index is 12.0. The number of carbonyl (C=O) groups is 1. The summed E-state index contributed by atoms with van der Waals surface area (Å²) in [4.78, 5) is 12.0. The van der Waals surface area contributed by atoms with Crippen LogP contribution in [0.25, 0.3) is 0 Å². The topological polar surface area (TPSA) is 57.5 Å². The van der Waals surface area contributed by atoms with Crippen LogP contribution in [0.15, 0.2) is 0 Å². The van der Waals surface area contributed by atoms with Crippen LogP contribution < -0.4 is 0 Å². The molecule has 0 saturated heterocycles. The summed E-state index contributed by atoms with van der Waals surface area (Å²) in [5.74, 6) is -1.38. The highest BCUT2D eigenvalue weighted by Crippen LogP contribution is 2.69. The maximum atomic E-state index is 12.0. The van der Waals surface area contributed by atoms with Gasteiger partial charge in [-0.25, -0.2) is 0 Å². The van der Waals surface area contributed by atoms with Gasteiger partial charge in [-0.05, 0) is 73.0 Å². The number of hydrogen-bond donors (Lipinski definition) is 2. The Kier molecular flexibility index (Phi) is 52.2. The summed E-state index contributed by atoms with van der Waals surface area (Å²) in [5, 5.41) is 20.6. The van der Waals surface area contributed by atoms with Crippen LogP contribution in [0.5, 0.6) is 0 Å². The summed E-state index contributed by atoms with van der Waals surface area (Å²) >= 11 is 0. The van der Waals surface area contributed by atoms with Crippen molar-refractivity contribution in [3.05, 3.63) is 0 Å². The molecular formula is C82H160O3. The summed E-state index contributed by atoms with van der Waals surface area (Å²) in [6.45, 7) is 15.1. The van der Waals surface area contributed by atoms with Crippen molar-refractivity contribution >= 4 is 5.97 Å². The first-order valence-electron chi connectivity index (χ1n) is 40.4. The normalized spacial score (nSPS) is 20.8. The minimum atomic E-state index is -0.797.